The van der Waals surface area contributed by atoms with Gasteiger partial charge in [0, 0.05) is 23.6 Å². The fourth-order valence-electron chi connectivity index (χ4n) is 5.25. The standard InChI is InChI=1S/C22H20F7N3O5/c23-14-4-16-12(3-13(14)21(24,25)26)15(33)5-17(37-16)18(34)31-19-8-20(9-19,10-19)32-7-11(6-30-32)35-1-2-36-22(27,28)29/h3-4,6-7,15,17,33H,1-2,5,8-10H2,(H,31,34)/t15-,17-,19?,20?/m1/s1. The van der Waals surface area contributed by atoms with Gasteiger partial charge in [0.05, 0.1) is 36.2 Å². The van der Waals surface area contributed by atoms with Crippen molar-refractivity contribution in [3.8, 4) is 11.5 Å². The van der Waals surface area contributed by atoms with E-state index in [-0.39, 0.29) is 30.1 Å². The average Bonchev–Trinajstić information content (AvgIpc) is 3.19. The fourth-order valence-corrected chi connectivity index (χ4v) is 5.25. The van der Waals surface area contributed by atoms with Gasteiger partial charge in [-0.05, 0) is 25.3 Å². The minimum absolute atomic E-state index is 0.246. The Bertz CT molecular complexity index is 1190. The largest absolute Gasteiger partial charge is 0.522 e. The molecular formula is C22H20F7N3O5. The number of carbonyl (C=O) groups is 1. The number of aliphatic hydroxyl groups is 1. The topological polar surface area (TPSA) is 94.8 Å². The van der Waals surface area contributed by atoms with Crippen LogP contribution < -0.4 is 14.8 Å². The Labute approximate surface area is 204 Å². The number of alkyl halides is 6. The molecule has 0 radical (unpaired) electrons. The molecule has 0 spiro atoms. The van der Waals surface area contributed by atoms with Gasteiger partial charge in [-0.1, -0.05) is 0 Å². The van der Waals surface area contributed by atoms with E-state index in [0.29, 0.717) is 31.4 Å². The van der Waals surface area contributed by atoms with Gasteiger partial charge in [-0.2, -0.15) is 18.3 Å². The molecule has 1 aliphatic heterocycles. The molecule has 2 atom stereocenters. The molecule has 1 amide bonds. The van der Waals surface area contributed by atoms with E-state index in [1.807, 2.05) is 0 Å². The number of nitrogens with one attached hydrogen (secondary N) is 1. The van der Waals surface area contributed by atoms with Crippen molar-refractivity contribution in [2.24, 2.45) is 0 Å². The van der Waals surface area contributed by atoms with Crippen molar-refractivity contribution in [1.82, 2.24) is 15.1 Å². The highest BCUT2D eigenvalue weighted by molar-refractivity contribution is 5.83. The lowest BCUT2D eigenvalue weighted by molar-refractivity contribution is -0.325. The molecule has 0 saturated heterocycles. The van der Waals surface area contributed by atoms with Crippen LogP contribution in [0.1, 0.15) is 42.9 Å². The van der Waals surface area contributed by atoms with Crippen molar-refractivity contribution in [1.29, 1.82) is 0 Å². The van der Waals surface area contributed by atoms with Crippen LogP contribution in [-0.2, 0) is 21.2 Å². The molecule has 2 aromatic rings. The van der Waals surface area contributed by atoms with Crippen LogP contribution in [0.5, 0.6) is 11.5 Å². The molecule has 6 rings (SSSR count). The third-order valence-electron chi connectivity index (χ3n) is 6.82. The first-order valence-corrected chi connectivity index (χ1v) is 11.1. The maximum Gasteiger partial charge on any atom is 0.522 e. The molecule has 4 aliphatic rings. The first kappa shape index (κ1) is 25.6. The van der Waals surface area contributed by atoms with Gasteiger partial charge in [-0.25, -0.2) is 4.39 Å². The molecule has 202 valence electrons. The number of halogens is 7. The van der Waals surface area contributed by atoms with Crippen molar-refractivity contribution in [2.45, 2.75) is 61.5 Å². The number of aliphatic hydroxyl groups excluding tert-OH is 1. The lowest BCUT2D eigenvalue weighted by atomic mass is 9.44. The van der Waals surface area contributed by atoms with Crippen molar-refractivity contribution in [3.05, 3.63) is 41.5 Å². The summed E-state index contributed by atoms with van der Waals surface area (Å²) < 4.78 is 105. The highest BCUT2D eigenvalue weighted by atomic mass is 19.4. The van der Waals surface area contributed by atoms with Gasteiger partial charge in [0.25, 0.3) is 5.91 Å². The van der Waals surface area contributed by atoms with E-state index in [1.165, 1.54) is 6.20 Å². The van der Waals surface area contributed by atoms with Crippen molar-refractivity contribution in [2.75, 3.05) is 13.2 Å². The van der Waals surface area contributed by atoms with E-state index in [2.05, 4.69) is 15.2 Å². The maximum atomic E-state index is 14.0. The predicted molar refractivity (Wildman–Crippen MR) is 108 cm³/mol. The third kappa shape index (κ3) is 4.81. The summed E-state index contributed by atoms with van der Waals surface area (Å²) in [6.45, 7) is -0.997. The molecule has 8 nitrogen and oxygen atoms in total. The average molecular weight is 539 g/mol. The predicted octanol–water partition coefficient (Wildman–Crippen LogP) is 3.59. The van der Waals surface area contributed by atoms with Crippen LogP contribution in [0, 0.1) is 5.82 Å². The molecule has 2 heterocycles. The molecule has 2 N–H and O–H groups in total. The lowest BCUT2D eigenvalue weighted by Crippen LogP contribution is -2.79. The highest BCUT2D eigenvalue weighted by Gasteiger charge is 2.70. The van der Waals surface area contributed by atoms with Gasteiger partial charge in [0.15, 0.2) is 11.9 Å². The van der Waals surface area contributed by atoms with Crippen LogP contribution in [0.25, 0.3) is 0 Å². The second-order valence-corrected chi connectivity index (χ2v) is 9.51. The van der Waals surface area contributed by atoms with E-state index < -0.39 is 59.7 Å². The number of benzene rings is 1. The number of carbonyl (C=O) groups excluding carboxylic acids is 1. The first-order valence-electron chi connectivity index (χ1n) is 11.1. The normalized spacial score (nSPS) is 28.4. The Kier molecular flexibility index (Phi) is 5.86. The summed E-state index contributed by atoms with van der Waals surface area (Å²) in [7, 11) is 0. The van der Waals surface area contributed by atoms with Gasteiger partial charge in [0.2, 0.25) is 0 Å². The Morgan fingerprint density at radius 2 is 1.89 bits per heavy atom. The molecule has 3 fully saturated rings. The zero-order valence-corrected chi connectivity index (χ0v) is 18.8. The second kappa shape index (κ2) is 8.48. The highest BCUT2D eigenvalue weighted by Crippen LogP contribution is 2.65. The van der Waals surface area contributed by atoms with E-state index in [9.17, 15) is 40.6 Å². The SMILES string of the molecule is O=C(NC12CC(n3cc(OCCOC(F)(F)F)cn3)(C1)C2)[C@H]1C[C@@H](O)c2cc(C(F)(F)F)c(F)cc2O1. The van der Waals surface area contributed by atoms with Crippen molar-refractivity contribution >= 4 is 5.91 Å². The van der Waals surface area contributed by atoms with Gasteiger partial charge >= 0.3 is 12.5 Å². The molecule has 2 bridgehead atoms. The van der Waals surface area contributed by atoms with Gasteiger partial charge in [0.1, 0.15) is 18.2 Å². The lowest BCUT2D eigenvalue weighted by Gasteiger charge is -2.70. The summed E-state index contributed by atoms with van der Waals surface area (Å²) in [4.78, 5) is 12.8. The van der Waals surface area contributed by atoms with Crippen LogP contribution in [-0.4, -0.2) is 52.0 Å². The summed E-state index contributed by atoms with van der Waals surface area (Å²) in [6.07, 6.45) is -8.28. The minimum atomic E-state index is -4.95. The van der Waals surface area contributed by atoms with E-state index >= 15 is 0 Å². The van der Waals surface area contributed by atoms with Crippen molar-refractivity contribution in [3.63, 3.8) is 0 Å². The Hall–Kier alpha value is -3.07. The Morgan fingerprint density at radius 3 is 2.54 bits per heavy atom. The van der Waals surface area contributed by atoms with Crippen LogP contribution in [0.4, 0.5) is 30.7 Å². The molecule has 3 aliphatic carbocycles. The zero-order valence-electron chi connectivity index (χ0n) is 18.8. The summed E-state index contributed by atoms with van der Waals surface area (Å²) in [6, 6.07) is 1.00. The Balaban J connectivity index is 1.15. The number of rotatable bonds is 7. The van der Waals surface area contributed by atoms with Crippen molar-refractivity contribution < 1.29 is 54.8 Å². The van der Waals surface area contributed by atoms with E-state index in [4.69, 9.17) is 9.47 Å². The molecule has 1 aromatic heterocycles. The maximum absolute atomic E-state index is 14.0. The molecule has 15 heteroatoms. The van der Waals surface area contributed by atoms with Crippen LogP contribution in [0.2, 0.25) is 0 Å². The monoisotopic (exact) mass is 539 g/mol. The molecule has 37 heavy (non-hydrogen) atoms. The van der Waals surface area contributed by atoms with Crippen LogP contribution >= 0.6 is 0 Å². The number of amides is 1. The van der Waals surface area contributed by atoms with Crippen LogP contribution in [0.3, 0.4) is 0 Å². The third-order valence-corrected chi connectivity index (χ3v) is 6.82. The smallest absolute Gasteiger partial charge is 0.488 e. The Morgan fingerprint density at radius 1 is 1.19 bits per heavy atom. The van der Waals surface area contributed by atoms with Gasteiger partial charge < -0.3 is 19.9 Å². The van der Waals surface area contributed by atoms with Crippen LogP contribution in [0.15, 0.2) is 24.5 Å². The minimum Gasteiger partial charge on any atom is -0.488 e. The quantitative estimate of drug-likeness (QED) is 0.413. The number of nitrogens with zero attached hydrogens (tertiary/aromatic N) is 2. The molecule has 0 unspecified atom stereocenters. The molecular weight excluding hydrogens is 519 g/mol. The summed E-state index contributed by atoms with van der Waals surface area (Å²) in [5.74, 6) is -2.23. The first-order chi connectivity index (χ1) is 17.2. The molecule has 3 saturated carbocycles. The second-order valence-electron chi connectivity index (χ2n) is 9.51. The summed E-state index contributed by atoms with van der Waals surface area (Å²) >= 11 is 0. The molecule has 1 aromatic carbocycles. The number of hydrogen-bond donors (Lipinski definition) is 2. The number of fused-ring (bicyclic) bond motifs is 1. The number of ether oxygens (including phenoxy) is 3. The number of hydrogen-bond acceptors (Lipinski definition) is 6. The van der Waals surface area contributed by atoms with Gasteiger partial charge in [-0.3, -0.25) is 14.2 Å². The number of aromatic nitrogens is 2. The summed E-state index contributed by atoms with van der Waals surface area (Å²) in [5, 5.41) is 17.3. The zero-order chi connectivity index (χ0) is 26.8. The fraction of sp³-hybridized carbons (Fsp3) is 0.545. The van der Waals surface area contributed by atoms with Gasteiger partial charge in [-0.15, -0.1) is 13.2 Å². The summed E-state index contributed by atoms with van der Waals surface area (Å²) in [5.41, 5.74) is -2.74. The van der Waals surface area contributed by atoms with E-state index in [0.717, 1.165) is 0 Å². The van der Waals surface area contributed by atoms with E-state index in [1.54, 1.807) is 10.9 Å².